The molecule has 0 amide bonds. The second-order valence-electron chi connectivity index (χ2n) is 5.41. The van der Waals surface area contributed by atoms with E-state index in [2.05, 4.69) is 16.6 Å². The third-order valence-corrected chi connectivity index (χ3v) is 5.06. The van der Waals surface area contributed by atoms with Gasteiger partial charge in [0.1, 0.15) is 10.6 Å². The number of anilines is 2. The van der Waals surface area contributed by atoms with Gasteiger partial charge in [0.05, 0.1) is 6.61 Å². The molecule has 6 heteroatoms. The SMILES string of the molecule is CCOC(=O)c1c(N)nsc1NCC1(CC)CCCC1. The van der Waals surface area contributed by atoms with E-state index in [0.29, 0.717) is 17.6 Å². The molecule has 20 heavy (non-hydrogen) atoms. The van der Waals surface area contributed by atoms with Gasteiger partial charge >= 0.3 is 5.97 Å². The van der Waals surface area contributed by atoms with Gasteiger partial charge in [-0.1, -0.05) is 19.8 Å². The fraction of sp³-hybridized carbons (Fsp3) is 0.714. The van der Waals surface area contributed by atoms with Crippen LogP contribution in [0, 0.1) is 5.41 Å². The van der Waals surface area contributed by atoms with Crippen molar-refractivity contribution in [1.29, 1.82) is 0 Å². The highest BCUT2D eigenvalue weighted by molar-refractivity contribution is 7.11. The molecule has 112 valence electrons. The van der Waals surface area contributed by atoms with E-state index in [-0.39, 0.29) is 5.82 Å². The summed E-state index contributed by atoms with van der Waals surface area (Å²) < 4.78 is 9.11. The molecule has 3 N–H and O–H groups in total. The third-order valence-electron chi connectivity index (χ3n) is 4.24. The minimum atomic E-state index is -0.391. The highest BCUT2D eigenvalue weighted by Crippen LogP contribution is 2.41. The summed E-state index contributed by atoms with van der Waals surface area (Å²) in [7, 11) is 0. The van der Waals surface area contributed by atoms with E-state index in [1.165, 1.54) is 37.2 Å². The van der Waals surface area contributed by atoms with Crippen molar-refractivity contribution < 1.29 is 9.53 Å². The van der Waals surface area contributed by atoms with Crippen LogP contribution in [-0.2, 0) is 4.74 Å². The molecule has 0 atom stereocenters. The zero-order valence-electron chi connectivity index (χ0n) is 12.2. The Bertz CT molecular complexity index is 467. The topological polar surface area (TPSA) is 77.2 Å². The third kappa shape index (κ3) is 3.06. The van der Waals surface area contributed by atoms with Crippen molar-refractivity contribution in [2.75, 3.05) is 24.2 Å². The summed E-state index contributed by atoms with van der Waals surface area (Å²) in [6.45, 7) is 5.23. The van der Waals surface area contributed by atoms with Crippen LogP contribution in [-0.4, -0.2) is 23.5 Å². The largest absolute Gasteiger partial charge is 0.462 e. The van der Waals surface area contributed by atoms with Crippen molar-refractivity contribution in [2.45, 2.75) is 46.0 Å². The lowest BCUT2D eigenvalue weighted by Gasteiger charge is -2.27. The van der Waals surface area contributed by atoms with Gasteiger partial charge in [-0.2, -0.15) is 4.37 Å². The van der Waals surface area contributed by atoms with Crippen molar-refractivity contribution >= 4 is 28.3 Å². The molecule has 1 heterocycles. The monoisotopic (exact) mass is 297 g/mol. The summed E-state index contributed by atoms with van der Waals surface area (Å²) >= 11 is 1.24. The van der Waals surface area contributed by atoms with Gasteiger partial charge in [0.25, 0.3) is 0 Å². The highest BCUT2D eigenvalue weighted by Gasteiger charge is 2.32. The van der Waals surface area contributed by atoms with Crippen LogP contribution in [0.1, 0.15) is 56.3 Å². The van der Waals surface area contributed by atoms with Gasteiger partial charge in [0, 0.05) is 6.54 Å². The average molecular weight is 297 g/mol. The normalized spacial score (nSPS) is 17.1. The number of nitrogens with one attached hydrogen (secondary N) is 1. The smallest absolute Gasteiger partial charge is 0.344 e. The summed E-state index contributed by atoms with van der Waals surface area (Å²) in [5.74, 6) is -0.133. The van der Waals surface area contributed by atoms with Crippen LogP contribution in [0.3, 0.4) is 0 Å². The van der Waals surface area contributed by atoms with Gasteiger partial charge in [-0.05, 0) is 43.1 Å². The van der Waals surface area contributed by atoms with Gasteiger partial charge < -0.3 is 15.8 Å². The number of hydrogen-bond acceptors (Lipinski definition) is 6. The Kier molecular flexibility index (Phi) is 4.86. The summed E-state index contributed by atoms with van der Waals surface area (Å²) in [5, 5.41) is 4.12. The number of hydrogen-bond donors (Lipinski definition) is 2. The lowest BCUT2D eigenvalue weighted by molar-refractivity contribution is 0.0529. The minimum absolute atomic E-state index is 0.257. The van der Waals surface area contributed by atoms with Gasteiger partial charge in [-0.25, -0.2) is 4.79 Å². The quantitative estimate of drug-likeness (QED) is 0.788. The number of ether oxygens (including phenoxy) is 1. The molecule has 2 rings (SSSR count). The van der Waals surface area contributed by atoms with Crippen molar-refractivity contribution in [3.8, 4) is 0 Å². The van der Waals surface area contributed by atoms with Crippen LogP contribution in [0.2, 0.25) is 0 Å². The fourth-order valence-corrected chi connectivity index (χ4v) is 3.57. The maximum Gasteiger partial charge on any atom is 0.344 e. The Morgan fingerprint density at radius 1 is 1.45 bits per heavy atom. The first-order valence-electron chi connectivity index (χ1n) is 7.28. The molecule has 1 saturated carbocycles. The predicted molar refractivity (Wildman–Crippen MR) is 82.2 cm³/mol. The van der Waals surface area contributed by atoms with E-state index in [1.807, 2.05) is 0 Å². The maximum atomic E-state index is 11.9. The molecule has 1 aliphatic carbocycles. The molecule has 1 aromatic heterocycles. The molecule has 0 bridgehead atoms. The molecule has 1 aliphatic rings. The average Bonchev–Trinajstić information content (AvgIpc) is 3.04. The van der Waals surface area contributed by atoms with Crippen LogP contribution >= 0.6 is 11.5 Å². The van der Waals surface area contributed by atoms with Crippen molar-refractivity contribution in [1.82, 2.24) is 4.37 Å². The summed E-state index contributed by atoms with van der Waals surface area (Å²) in [4.78, 5) is 11.9. The number of nitrogens with zero attached hydrogens (tertiary/aromatic N) is 1. The fourth-order valence-electron chi connectivity index (χ4n) is 2.87. The summed E-state index contributed by atoms with van der Waals surface area (Å²) in [5.41, 5.74) is 6.52. The van der Waals surface area contributed by atoms with E-state index in [0.717, 1.165) is 18.0 Å². The van der Waals surface area contributed by atoms with E-state index >= 15 is 0 Å². The van der Waals surface area contributed by atoms with E-state index in [4.69, 9.17) is 10.5 Å². The molecule has 0 aliphatic heterocycles. The lowest BCUT2D eigenvalue weighted by Crippen LogP contribution is -2.26. The minimum Gasteiger partial charge on any atom is -0.462 e. The zero-order chi connectivity index (χ0) is 14.6. The van der Waals surface area contributed by atoms with Gasteiger partial charge in [0.15, 0.2) is 5.82 Å². The molecule has 5 nitrogen and oxygen atoms in total. The number of carbonyl (C=O) groups is 1. The number of carbonyl (C=O) groups excluding carboxylic acids is 1. The number of nitrogen functional groups attached to an aromatic ring is 1. The van der Waals surface area contributed by atoms with E-state index < -0.39 is 5.97 Å². The van der Waals surface area contributed by atoms with Crippen LogP contribution in [0.5, 0.6) is 0 Å². The van der Waals surface area contributed by atoms with Gasteiger partial charge in [0.2, 0.25) is 0 Å². The van der Waals surface area contributed by atoms with Crippen molar-refractivity contribution in [3.63, 3.8) is 0 Å². The van der Waals surface area contributed by atoms with Crippen LogP contribution in [0.25, 0.3) is 0 Å². The highest BCUT2D eigenvalue weighted by atomic mass is 32.1. The molecule has 0 unspecified atom stereocenters. The molecular weight excluding hydrogens is 274 g/mol. The number of esters is 1. The van der Waals surface area contributed by atoms with Crippen LogP contribution < -0.4 is 11.1 Å². The molecular formula is C14H23N3O2S. The predicted octanol–water partition coefficient (Wildman–Crippen LogP) is 3.28. The van der Waals surface area contributed by atoms with Crippen molar-refractivity contribution in [2.24, 2.45) is 5.41 Å². The number of nitrogens with two attached hydrogens (primary N) is 1. The number of rotatable bonds is 6. The molecule has 1 aromatic rings. The maximum absolute atomic E-state index is 11.9. The number of aromatic nitrogens is 1. The molecule has 0 aromatic carbocycles. The standard InChI is InChI=1S/C14H23N3O2S/c1-3-14(7-5-6-8-14)9-16-12-10(11(15)17-20-12)13(18)19-4-2/h16H,3-9H2,1-2H3,(H2,15,17). The Morgan fingerprint density at radius 3 is 2.75 bits per heavy atom. The molecule has 0 saturated heterocycles. The summed E-state index contributed by atoms with van der Waals surface area (Å²) in [6, 6.07) is 0. The second-order valence-corrected chi connectivity index (χ2v) is 6.18. The van der Waals surface area contributed by atoms with Crippen molar-refractivity contribution in [3.05, 3.63) is 5.56 Å². The lowest BCUT2D eigenvalue weighted by atomic mass is 9.83. The Labute approximate surface area is 124 Å². The Morgan fingerprint density at radius 2 is 2.15 bits per heavy atom. The zero-order valence-corrected chi connectivity index (χ0v) is 13.0. The molecule has 1 fully saturated rings. The Hall–Kier alpha value is -1.30. The molecule has 0 spiro atoms. The first kappa shape index (κ1) is 15.1. The van der Waals surface area contributed by atoms with Gasteiger partial charge in [-0.3, -0.25) is 0 Å². The summed E-state index contributed by atoms with van der Waals surface area (Å²) in [6.07, 6.45) is 6.25. The first-order chi connectivity index (χ1) is 9.62. The van der Waals surface area contributed by atoms with E-state index in [1.54, 1.807) is 6.92 Å². The first-order valence-corrected chi connectivity index (χ1v) is 8.05. The van der Waals surface area contributed by atoms with Crippen LogP contribution in [0.15, 0.2) is 0 Å². The molecule has 0 radical (unpaired) electrons. The van der Waals surface area contributed by atoms with Gasteiger partial charge in [-0.15, -0.1) is 0 Å². The second kappa shape index (κ2) is 6.43. The van der Waals surface area contributed by atoms with E-state index in [9.17, 15) is 4.79 Å². The van der Waals surface area contributed by atoms with Crippen LogP contribution in [0.4, 0.5) is 10.8 Å². The Balaban J connectivity index is 2.08.